The summed E-state index contributed by atoms with van der Waals surface area (Å²) < 4.78 is 41.9. The van der Waals surface area contributed by atoms with Crippen LogP contribution in [0.25, 0.3) is 0 Å². The number of hydrogen-bond acceptors (Lipinski definition) is 27. The summed E-state index contributed by atoms with van der Waals surface area (Å²) in [5.74, 6) is -2.85. The summed E-state index contributed by atoms with van der Waals surface area (Å²) in [4.78, 5) is 35.7. The Morgan fingerprint density at radius 3 is 1.44 bits per heavy atom. The Balaban J connectivity index is 1.43. The van der Waals surface area contributed by atoms with E-state index in [2.05, 4.69) is 15.4 Å². The smallest absolute Gasteiger partial charge is 0.347 e. The van der Waals surface area contributed by atoms with Crippen molar-refractivity contribution in [3.8, 4) is 0 Å². The molecule has 3 saturated heterocycles. The molecule has 0 spiro atoms. The largest absolute Gasteiger partial charge is 0.450 e. The third-order valence-electron chi connectivity index (χ3n) is 10.2. The van der Waals surface area contributed by atoms with E-state index in [0.717, 1.165) is 6.92 Å². The topological polar surface area (TPSA) is 453 Å². The van der Waals surface area contributed by atoms with E-state index >= 15 is 0 Å². The lowest BCUT2D eigenvalue weighted by Crippen LogP contribution is -2.62. The first kappa shape index (κ1) is 54.9. The standard InChI is InChI=1S/C35H62N2O26/c1-11(39)31(54)60-13(3)32(55)59-12(2)30(53)37-5-4-36-6-14(40)19(42)20(43)15(41)8-56-33-28(51)25(48)22(45)17(62-33)10-58-35-29(52)26(49)23(46)18(63-35)9-57-34-27(50)24(47)21(44)16(7-38)61-34/h11-29,33-36,38-52H,4-10H2,1-3H3,(H,37,53)/t11?,12?,13?,14-,15+,16?,17?,18?,19+,20+,21+,22+,23+,24-,25-,26-,27?,28?,29?,33+,34+,35+/m0/s1. The SMILES string of the molecule is CC(O)C(=O)OC(C)C(=O)OC(C)C(=O)NCCNC[C@H](O)[C@@H](O)[C@H](O)[C@H](O)CO[C@@H]1OC(CO[C@@H]2OC(CO[C@@H]3OC(CO)[C@@H](O)[C@H](O)C3O)[C@@H](O)[C@H](O)C2O)[C@@H](O)[C@H](O)C1O. The Morgan fingerprint density at radius 2 is 0.968 bits per heavy atom. The fraction of sp³-hybridized carbons (Fsp3) is 0.914. The molecule has 9 unspecified atom stereocenters. The van der Waals surface area contributed by atoms with E-state index in [-0.39, 0.29) is 19.6 Å². The lowest BCUT2D eigenvalue weighted by atomic mass is 9.98. The molecule has 368 valence electrons. The molecule has 3 aliphatic rings. The van der Waals surface area contributed by atoms with E-state index in [1.165, 1.54) is 13.8 Å². The molecule has 3 fully saturated rings. The molecule has 28 nitrogen and oxygen atoms in total. The van der Waals surface area contributed by atoms with Crippen LogP contribution in [0.3, 0.4) is 0 Å². The van der Waals surface area contributed by atoms with Crippen molar-refractivity contribution >= 4 is 17.8 Å². The maximum atomic E-state index is 12.2. The van der Waals surface area contributed by atoms with Gasteiger partial charge in [-0.15, -0.1) is 0 Å². The summed E-state index contributed by atoms with van der Waals surface area (Å²) in [6.45, 7) is 0.0237. The summed E-state index contributed by atoms with van der Waals surface area (Å²) in [5.41, 5.74) is 0. The van der Waals surface area contributed by atoms with E-state index < -0.39 is 179 Å². The minimum absolute atomic E-state index is 0.00871. The van der Waals surface area contributed by atoms with Crippen molar-refractivity contribution in [1.82, 2.24) is 10.6 Å². The second kappa shape index (κ2) is 25.4. The van der Waals surface area contributed by atoms with Crippen LogP contribution in [0.4, 0.5) is 0 Å². The van der Waals surface area contributed by atoms with Crippen LogP contribution >= 0.6 is 0 Å². The quantitative estimate of drug-likeness (QED) is 0.0334. The van der Waals surface area contributed by atoms with Gasteiger partial charge in [-0.2, -0.15) is 0 Å². The van der Waals surface area contributed by atoms with Crippen molar-refractivity contribution in [3.63, 3.8) is 0 Å². The molecule has 3 rings (SSSR count). The Morgan fingerprint density at radius 1 is 0.540 bits per heavy atom. The zero-order valence-corrected chi connectivity index (χ0v) is 34.4. The summed E-state index contributed by atoms with van der Waals surface area (Å²) in [6, 6.07) is 0. The highest BCUT2D eigenvalue weighted by Crippen LogP contribution is 2.28. The predicted molar refractivity (Wildman–Crippen MR) is 198 cm³/mol. The number of amides is 1. The zero-order chi connectivity index (χ0) is 47.5. The Hall–Kier alpha value is -2.47. The van der Waals surface area contributed by atoms with Gasteiger partial charge in [-0.3, -0.25) is 4.79 Å². The second-order valence-corrected chi connectivity index (χ2v) is 15.2. The van der Waals surface area contributed by atoms with Crippen molar-refractivity contribution < 1.29 is 129 Å². The molecule has 0 aromatic rings. The Labute approximate surface area is 359 Å². The highest BCUT2D eigenvalue weighted by molar-refractivity contribution is 5.85. The van der Waals surface area contributed by atoms with Crippen molar-refractivity contribution in [2.24, 2.45) is 0 Å². The minimum Gasteiger partial charge on any atom is -0.450 e. The molecule has 22 atom stereocenters. The number of aliphatic hydroxyl groups excluding tert-OH is 15. The van der Waals surface area contributed by atoms with Crippen molar-refractivity contribution in [2.45, 2.75) is 156 Å². The molecule has 3 aliphatic heterocycles. The van der Waals surface area contributed by atoms with Gasteiger partial charge in [0.25, 0.3) is 5.91 Å². The van der Waals surface area contributed by atoms with Crippen LogP contribution < -0.4 is 10.6 Å². The summed E-state index contributed by atoms with van der Waals surface area (Å²) in [7, 11) is 0. The second-order valence-electron chi connectivity index (χ2n) is 15.2. The third-order valence-corrected chi connectivity index (χ3v) is 10.2. The number of ether oxygens (including phenoxy) is 8. The number of hydrogen-bond donors (Lipinski definition) is 17. The van der Waals surface area contributed by atoms with Crippen molar-refractivity contribution in [1.29, 1.82) is 0 Å². The van der Waals surface area contributed by atoms with Gasteiger partial charge in [0.2, 0.25) is 0 Å². The number of esters is 2. The molecule has 1 amide bonds. The highest BCUT2D eigenvalue weighted by Gasteiger charge is 2.49. The van der Waals surface area contributed by atoms with Crippen molar-refractivity contribution in [2.75, 3.05) is 46.1 Å². The van der Waals surface area contributed by atoms with Crippen molar-refractivity contribution in [3.05, 3.63) is 0 Å². The molecule has 0 bridgehead atoms. The van der Waals surface area contributed by atoms with Gasteiger partial charge in [0, 0.05) is 19.6 Å². The predicted octanol–water partition coefficient (Wildman–Crippen LogP) is -11.2. The van der Waals surface area contributed by atoms with Crippen LogP contribution in [-0.4, -0.2) is 275 Å². The Kier molecular flexibility index (Phi) is 22.2. The normalized spacial score (nSPS) is 37.1. The molecule has 0 radical (unpaired) electrons. The van der Waals surface area contributed by atoms with Crippen LogP contribution in [0.5, 0.6) is 0 Å². The number of carbonyl (C=O) groups excluding carboxylic acids is 3. The van der Waals surface area contributed by atoms with E-state index in [9.17, 15) is 85.9 Å². The van der Waals surface area contributed by atoms with E-state index in [1.807, 2.05) is 0 Å². The van der Waals surface area contributed by atoms with Crippen LogP contribution in [-0.2, 0) is 52.3 Å². The van der Waals surface area contributed by atoms with Crippen LogP contribution in [0.2, 0.25) is 0 Å². The van der Waals surface area contributed by atoms with Gasteiger partial charge in [0.1, 0.15) is 97.7 Å². The zero-order valence-electron chi connectivity index (χ0n) is 34.4. The molecule has 28 heteroatoms. The molecule has 17 N–H and O–H groups in total. The van der Waals surface area contributed by atoms with Crippen LogP contribution in [0.1, 0.15) is 20.8 Å². The number of rotatable bonds is 23. The molecule has 63 heavy (non-hydrogen) atoms. The molecule has 0 aromatic carbocycles. The van der Waals surface area contributed by atoms with Gasteiger partial charge in [-0.1, -0.05) is 0 Å². The average Bonchev–Trinajstić information content (AvgIpc) is 3.25. The van der Waals surface area contributed by atoms with Gasteiger partial charge in [-0.05, 0) is 20.8 Å². The van der Waals surface area contributed by atoms with E-state index in [1.54, 1.807) is 0 Å². The average molecular weight is 927 g/mol. The first-order valence-corrected chi connectivity index (χ1v) is 19.9. The highest BCUT2D eigenvalue weighted by atomic mass is 16.7. The Bertz CT molecular complexity index is 1400. The number of carbonyl (C=O) groups is 3. The van der Waals surface area contributed by atoms with Gasteiger partial charge < -0.3 is 125 Å². The monoisotopic (exact) mass is 926 g/mol. The lowest BCUT2D eigenvalue weighted by Gasteiger charge is -2.44. The summed E-state index contributed by atoms with van der Waals surface area (Å²) >= 11 is 0. The number of aliphatic hydroxyl groups is 15. The fourth-order valence-electron chi connectivity index (χ4n) is 6.15. The molecular formula is C35H62N2O26. The fourth-order valence-corrected chi connectivity index (χ4v) is 6.15. The van der Waals surface area contributed by atoms with E-state index in [4.69, 9.17) is 38.3 Å². The maximum Gasteiger partial charge on any atom is 0.347 e. The first-order valence-electron chi connectivity index (χ1n) is 19.9. The van der Waals surface area contributed by atoms with Gasteiger partial charge in [0.15, 0.2) is 31.1 Å². The summed E-state index contributed by atoms with van der Waals surface area (Å²) in [6.07, 6.45) is -38.3. The van der Waals surface area contributed by atoms with Gasteiger partial charge in [0.05, 0.1) is 32.5 Å². The molecule has 0 saturated carbocycles. The molecule has 0 aromatic heterocycles. The molecular weight excluding hydrogens is 864 g/mol. The molecule has 3 heterocycles. The third kappa shape index (κ3) is 15.0. The van der Waals surface area contributed by atoms with E-state index in [0.29, 0.717) is 0 Å². The van der Waals surface area contributed by atoms with Crippen LogP contribution in [0.15, 0.2) is 0 Å². The lowest BCUT2D eigenvalue weighted by molar-refractivity contribution is -0.343. The number of nitrogens with one attached hydrogen (secondary N) is 2. The van der Waals surface area contributed by atoms with Gasteiger partial charge in [-0.25, -0.2) is 9.59 Å². The molecule has 0 aliphatic carbocycles. The minimum atomic E-state index is -2.07. The maximum absolute atomic E-state index is 12.2. The van der Waals surface area contributed by atoms with Crippen LogP contribution in [0, 0.1) is 0 Å². The summed E-state index contributed by atoms with van der Waals surface area (Å²) in [5, 5.41) is 158. The van der Waals surface area contributed by atoms with Gasteiger partial charge >= 0.3 is 11.9 Å². The first-order chi connectivity index (χ1) is 29.5.